The highest BCUT2D eigenvalue weighted by atomic mass is 127. The number of hydrogen-bond donors (Lipinski definition) is 3. The topological polar surface area (TPSA) is 337 Å². The van der Waals surface area contributed by atoms with Crippen LogP contribution in [-0.2, 0) is 19.2 Å². The van der Waals surface area contributed by atoms with Gasteiger partial charge in [-0.25, -0.2) is 28.4 Å². The Balaban J connectivity index is 0.000000177. The predicted molar refractivity (Wildman–Crippen MR) is 443 cm³/mol. The summed E-state index contributed by atoms with van der Waals surface area (Å²) in [5, 5.41) is 35.4. The molecule has 4 amide bonds. The summed E-state index contributed by atoms with van der Waals surface area (Å²) in [6.07, 6.45) is 14.3. The lowest BCUT2D eigenvalue weighted by Crippen LogP contribution is -2.66. The number of piperazine rings is 2. The number of unbranched alkanes of at least 4 members (excludes halogenated alkanes) is 4. The van der Waals surface area contributed by atoms with E-state index in [1.807, 2.05) is 24.3 Å². The first-order valence-electron chi connectivity index (χ1n) is 39.4. The lowest BCUT2D eigenvalue weighted by molar-refractivity contribution is -0.196. The molecular formula is C84H99Cl2IN16O12. The summed E-state index contributed by atoms with van der Waals surface area (Å²) in [5.41, 5.74) is 1.17. The van der Waals surface area contributed by atoms with Crippen molar-refractivity contribution in [2.75, 3.05) is 86.3 Å². The van der Waals surface area contributed by atoms with E-state index in [4.69, 9.17) is 52.4 Å². The van der Waals surface area contributed by atoms with E-state index in [2.05, 4.69) is 136 Å². The van der Waals surface area contributed by atoms with Crippen LogP contribution in [0.4, 0.5) is 11.6 Å². The van der Waals surface area contributed by atoms with Gasteiger partial charge < -0.3 is 34.1 Å². The van der Waals surface area contributed by atoms with Crippen LogP contribution in [0, 0.1) is 56.2 Å². The monoisotopic (exact) mass is 1720 g/mol. The zero-order valence-corrected chi connectivity index (χ0v) is 69.8. The number of fused-ring (bicyclic) bond motifs is 2. The van der Waals surface area contributed by atoms with Gasteiger partial charge in [0.25, 0.3) is 11.8 Å². The summed E-state index contributed by atoms with van der Waals surface area (Å²) < 4.78 is 30.5. The second kappa shape index (κ2) is 36.6. The van der Waals surface area contributed by atoms with Crippen molar-refractivity contribution < 1.29 is 47.7 Å². The number of nitrogens with zero attached hydrogens (tertiary/aromatic N) is 13. The van der Waals surface area contributed by atoms with Crippen molar-refractivity contribution in [1.82, 2.24) is 59.2 Å². The molecule has 0 spiro atoms. The first-order chi connectivity index (χ1) is 55.0. The number of carbonyl (C=O) groups is 6. The fourth-order valence-corrected chi connectivity index (χ4v) is 18.5. The molecule has 3 N–H and O–H groups in total. The third-order valence-electron chi connectivity index (χ3n) is 23.5. The summed E-state index contributed by atoms with van der Waals surface area (Å²) in [7, 11) is 0. The normalized spacial score (nSPS) is 21.3. The standard InChI is InChI=1S/C42H49ClN8O6.C26H31ClN4O2.C16H19IN4O4/c1-41(2)34(42(3,4)39(41)57-29-10-8-27(24-44)31(43)22-29)23-33(52)28-9-13-35(45-25-28)49-19-17-48(18-20-49)16-6-5-7-21-56-30-11-14-36-47-51(40(55)50(36)26-30)32-12-15-37(53)46-38(32)54;1-25(2)22(26(3,4)24(25)33-19-7-5-17(15-28)20(27)13-19)14-21(32)18-6-8-23(30-16-18)31-11-9-29-10-12-31;17-8-2-1-3-9-25-11-4-6-13-19-21(16(24)20(13)10-11)12-5-7-14(22)18-15(12)23/h8-11,13-14,22,25-26,32,34,39H,5-7,12,15-21,23H2,1-4H3,(H,46,53,54);5-8,13,16,22,24,29H,9-12,14H2,1-4H3;4,6,10,12H,1-3,5,7-9H2,(H,18,22,23). The molecule has 115 heavy (non-hydrogen) atoms. The molecule has 28 nitrogen and oxygen atoms in total. The van der Waals surface area contributed by atoms with Gasteiger partial charge in [0.15, 0.2) is 22.9 Å². The molecule has 2 aromatic carbocycles. The van der Waals surface area contributed by atoms with Gasteiger partial charge in [0.1, 0.15) is 71.1 Å². The first-order valence-corrected chi connectivity index (χ1v) is 41.6. The van der Waals surface area contributed by atoms with Crippen LogP contribution < -0.4 is 56.1 Å². The summed E-state index contributed by atoms with van der Waals surface area (Å²) in [6, 6.07) is 27.4. The Morgan fingerprint density at radius 1 is 0.530 bits per heavy atom. The Morgan fingerprint density at radius 3 is 1.34 bits per heavy atom. The van der Waals surface area contributed by atoms with Crippen LogP contribution in [0.3, 0.4) is 0 Å². The van der Waals surface area contributed by atoms with Gasteiger partial charge in [-0.2, -0.15) is 19.9 Å². The van der Waals surface area contributed by atoms with Crippen LogP contribution in [0.5, 0.6) is 23.0 Å². The molecule has 2 aliphatic carbocycles. The number of hydrogen-bond acceptors (Lipinski definition) is 22. The molecule has 31 heteroatoms. The van der Waals surface area contributed by atoms with Crippen LogP contribution >= 0.6 is 45.8 Å². The lowest BCUT2D eigenvalue weighted by Gasteiger charge is -2.63. The molecule has 8 aromatic rings. The number of Topliss-reactive ketones (excluding diaryl/α,β-unsaturated/α-hetero) is 2. The lowest BCUT2D eigenvalue weighted by atomic mass is 9.44. The third kappa shape index (κ3) is 19.2. The van der Waals surface area contributed by atoms with E-state index in [0.29, 0.717) is 92.6 Å². The Hall–Kier alpha value is -9.79. The minimum atomic E-state index is -0.812. The molecule has 0 bridgehead atoms. The number of nitrogens with one attached hydrogen (secondary N) is 3. The van der Waals surface area contributed by atoms with E-state index >= 15 is 0 Å². The van der Waals surface area contributed by atoms with Gasteiger partial charge in [-0.3, -0.25) is 44.3 Å². The number of benzene rings is 2. The largest absolute Gasteiger partial charge is 0.492 e. The van der Waals surface area contributed by atoms with Crippen LogP contribution in [-0.4, -0.2) is 167 Å². The van der Waals surface area contributed by atoms with Crippen LogP contribution in [0.2, 0.25) is 10.0 Å². The number of ether oxygens (including phenoxy) is 4. The van der Waals surface area contributed by atoms with Crippen molar-refractivity contribution in [3.8, 4) is 35.1 Å². The molecule has 608 valence electrons. The zero-order chi connectivity index (χ0) is 82.1. The average Bonchev–Trinajstić information content (AvgIpc) is 1.35. The second-order valence-corrected chi connectivity index (χ2v) is 34.5. The Kier molecular flexibility index (Phi) is 26.9. The van der Waals surface area contributed by atoms with Crippen molar-refractivity contribution in [1.29, 1.82) is 10.5 Å². The zero-order valence-electron chi connectivity index (χ0n) is 66.2. The van der Waals surface area contributed by atoms with E-state index in [9.17, 15) is 43.6 Å². The average molecular weight is 1720 g/mol. The summed E-state index contributed by atoms with van der Waals surface area (Å²) >= 11 is 14.8. The van der Waals surface area contributed by atoms with Gasteiger partial charge in [-0.15, -0.1) is 10.2 Å². The Labute approximate surface area is 691 Å². The number of aromatic nitrogens is 8. The highest BCUT2D eigenvalue weighted by molar-refractivity contribution is 14.1. The maximum atomic E-state index is 13.5. The van der Waals surface area contributed by atoms with E-state index in [0.717, 1.165) is 116 Å². The Bertz CT molecular complexity index is 5080. The number of imide groups is 2. The molecule has 2 atom stereocenters. The van der Waals surface area contributed by atoms with Crippen LogP contribution in [0.1, 0.15) is 176 Å². The van der Waals surface area contributed by atoms with Gasteiger partial charge in [0, 0.05) is 135 Å². The quantitative estimate of drug-likeness (QED) is 0.0142. The van der Waals surface area contributed by atoms with Crippen molar-refractivity contribution in [2.45, 2.75) is 157 Å². The minimum absolute atomic E-state index is 0.0749. The van der Waals surface area contributed by atoms with Gasteiger partial charge >= 0.3 is 11.4 Å². The molecule has 6 aromatic heterocycles. The fraction of sp³-hybridized carbons (Fsp3) is 0.500. The molecule has 2 unspecified atom stereocenters. The number of rotatable bonds is 27. The van der Waals surface area contributed by atoms with Crippen molar-refractivity contribution in [3.05, 3.63) is 163 Å². The molecule has 2 saturated carbocycles. The first kappa shape index (κ1) is 84.6. The number of ketones is 2. The highest BCUT2D eigenvalue weighted by Gasteiger charge is 2.65. The third-order valence-corrected chi connectivity index (χ3v) is 24.8. The maximum absolute atomic E-state index is 13.5. The number of pyridine rings is 4. The molecule has 10 heterocycles. The SMILES string of the molecule is CC1(C)C(CC(=O)c2ccc(N3CCN(CCCCCOc4ccc5nn(C6CCC(=O)NC6=O)c(=O)n5c4)CC3)nc2)C(C)(C)C1Oc1ccc(C#N)c(Cl)c1.CC1(C)C(CC(=O)c2ccc(N3CCNCC3)nc2)C(C)(C)C1Oc1ccc(C#N)c(Cl)c1.O=C1CCC(n2nc3ccc(OCCCCCI)cn3c2=O)C(=O)N1. The molecule has 4 saturated heterocycles. The number of halogens is 3. The number of amides is 4. The molecular weight excluding hydrogens is 1620 g/mol. The summed E-state index contributed by atoms with van der Waals surface area (Å²) in [6.45, 7) is 26.6. The molecule has 0 radical (unpaired) electrons. The van der Waals surface area contributed by atoms with E-state index in [-0.39, 0.29) is 94.8 Å². The smallest absolute Gasteiger partial charge is 0.351 e. The molecule has 6 fully saturated rings. The predicted octanol–water partition coefficient (Wildman–Crippen LogP) is 11.6. The Morgan fingerprint density at radius 2 is 0.948 bits per heavy atom. The number of nitriles is 2. The molecule has 4 aliphatic heterocycles. The molecule has 14 rings (SSSR count). The van der Waals surface area contributed by atoms with E-state index in [1.165, 1.54) is 15.2 Å². The number of piperidine rings is 2. The number of carbonyl (C=O) groups excluding carboxylic acids is 6. The minimum Gasteiger partial charge on any atom is -0.492 e. The van der Waals surface area contributed by atoms with E-state index in [1.54, 1.807) is 85.5 Å². The number of anilines is 2. The van der Waals surface area contributed by atoms with E-state index < -0.39 is 35.3 Å². The van der Waals surface area contributed by atoms with Gasteiger partial charge in [0.2, 0.25) is 11.8 Å². The number of alkyl halides is 1. The van der Waals surface area contributed by atoms with Crippen LogP contribution in [0.25, 0.3) is 11.3 Å². The van der Waals surface area contributed by atoms with Crippen molar-refractivity contribution in [3.63, 3.8) is 0 Å². The van der Waals surface area contributed by atoms with Crippen molar-refractivity contribution in [2.24, 2.45) is 33.5 Å². The summed E-state index contributed by atoms with van der Waals surface area (Å²) in [5.74, 6) is 2.97. The van der Waals surface area contributed by atoms with Gasteiger partial charge in [-0.05, 0) is 147 Å². The van der Waals surface area contributed by atoms with Gasteiger partial charge in [-0.1, -0.05) is 101 Å². The fourth-order valence-electron chi connectivity index (χ4n) is 17.5. The van der Waals surface area contributed by atoms with Gasteiger partial charge in [0.05, 0.1) is 46.8 Å². The second-order valence-electron chi connectivity index (χ2n) is 32.6. The molecule has 6 aliphatic rings. The summed E-state index contributed by atoms with van der Waals surface area (Å²) in [4.78, 5) is 115. The maximum Gasteiger partial charge on any atom is 0.351 e. The van der Waals surface area contributed by atoms with Crippen molar-refractivity contribution >= 4 is 104 Å². The van der Waals surface area contributed by atoms with Crippen LogP contribution in [0.15, 0.2) is 119 Å². The highest BCUT2D eigenvalue weighted by Crippen LogP contribution is 2.63.